The number of rotatable bonds is 3. The molecule has 3 rings (SSSR count). The molecule has 0 saturated heterocycles. The Balaban J connectivity index is 1.71. The van der Waals surface area contributed by atoms with Gasteiger partial charge in [0.15, 0.2) is 0 Å². The molecule has 0 amide bonds. The molecule has 1 aromatic carbocycles. The van der Waals surface area contributed by atoms with Crippen molar-refractivity contribution < 1.29 is 19.8 Å². The molecule has 0 saturated carbocycles. The zero-order valence-electron chi connectivity index (χ0n) is 12.7. The van der Waals surface area contributed by atoms with Gasteiger partial charge in [0.05, 0.1) is 4.76 Å². The molecule has 0 aliphatic carbocycles. The molecule has 0 bridgehead atoms. The fourth-order valence-corrected chi connectivity index (χ4v) is 2.43. The van der Waals surface area contributed by atoms with Gasteiger partial charge >= 0.3 is 5.97 Å². The molecule has 24 heavy (non-hydrogen) atoms. The Morgan fingerprint density at radius 3 is 2.25 bits per heavy atom. The molecule has 1 aromatic rings. The quantitative estimate of drug-likeness (QED) is 0.836. The van der Waals surface area contributed by atoms with Crippen molar-refractivity contribution in [1.82, 2.24) is 4.90 Å². The lowest BCUT2D eigenvalue weighted by Crippen LogP contribution is -2.12. The molecular formula is C18H15N2O4+. The Labute approximate surface area is 138 Å². The highest BCUT2D eigenvalue weighted by molar-refractivity contribution is 5.90. The van der Waals surface area contributed by atoms with Crippen molar-refractivity contribution >= 4 is 5.97 Å². The fourth-order valence-electron chi connectivity index (χ4n) is 2.43. The molecular weight excluding hydrogens is 308 g/mol. The zero-order valence-corrected chi connectivity index (χ0v) is 12.7. The second kappa shape index (κ2) is 6.37. The summed E-state index contributed by atoms with van der Waals surface area (Å²) < 4.78 is 0.736. The maximum atomic E-state index is 11.1. The van der Waals surface area contributed by atoms with Crippen LogP contribution in [0, 0.1) is 4.91 Å². The summed E-state index contributed by atoms with van der Waals surface area (Å²) in [6.45, 7) is 0.503. The van der Waals surface area contributed by atoms with E-state index in [0.717, 1.165) is 21.5 Å². The minimum atomic E-state index is -1.15. The molecule has 6 nitrogen and oxygen atoms in total. The highest BCUT2D eigenvalue weighted by Crippen LogP contribution is 2.22. The summed E-state index contributed by atoms with van der Waals surface area (Å²) in [6.07, 6.45) is 14.0. The van der Waals surface area contributed by atoms with Crippen molar-refractivity contribution in [3.8, 4) is 5.75 Å². The van der Waals surface area contributed by atoms with Gasteiger partial charge in [0.1, 0.15) is 11.3 Å². The molecule has 0 radical (unpaired) electrons. The van der Waals surface area contributed by atoms with Crippen molar-refractivity contribution in [3.05, 3.63) is 94.5 Å². The van der Waals surface area contributed by atoms with E-state index >= 15 is 0 Å². The van der Waals surface area contributed by atoms with Crippen LogP contribution in [0.25, 0.3) is 0 Å². The number of benzene rings is 1. The average molecular weight is 323 g/mol. The summed E-state index contributed by atoms with van der Waals surface area (Å²) in [6, 6.07) is 4.52. The standard InChI is InChI=1S/C18H14N2O4/c21-17-11-13(1-2-16(17)18(22)23)12-19-7-3-14(4-8-19)15-5-9-20(24)10-6-15/h1-11H,12H2,(H-,21,22,23)/p+1. The summed E-state index contributed by atoms with van der Waals surface area (Å²) in [5.74, 6) is -1.40. The number of hydrogen-bond acceptors (Lipinski definition) is 4. The third-order valence-corrected chi connectivity index (χ3v) is 3.68. The van der Waals surface area contributed by atoms with E-state index in [-0.39, 0.29) is 11.3 Å². The molecule has 0 spiro atoms. The first kappa shape index (κ1) is 15.5. The second-order valence-electron chi connectivity index (χ2n) is 5.36. The summed E-state index contributed by atoms with van der Waals surface area (Å²) in [5, 5.41) is 18.7. The third kappa shape index (κ3) is 3.33. The van der Waals surface area contributed by atoms with Gasteiger partial charge in [0, 0.05) is 36.0 Å². The fraction of sp³-hybridized carbons (Fsp3) is 0.0556. The Hall–Kier alpha value is -3.41. The Morgan fingerprint density at radius 1 is 1.04 bits per heavy atom. The van der Waals surface area contributed by atoms with E-state index in [9.17, 15) is 14.8 Å². The molecule has 0 unspecified atom stereocenters. The monoisotopic (exact) mass is 323 g/mol. The molecule has 2 N–H and O–H groups in total. The number of hydrogen-bond donors (Lipinski definition) is 2. The van der Waals surface area contributed by atoms with Gasteiger partial charge in [-0.2, -0.15) is 0 Å². The molecule has 0 atom stereocenters. The lowest BCUT2D eigenvalue weighted by atomic mass is 10.0. The smallest absolute Gasteiger partial charge is 0.339 e. The van der Waals surface area contributed by atoms with E-state index < -0.39 is 5.97 Å². The van der Waals surface area contributed by atoms with Crippen LogP contribution in [0.3, 0.4) is 0 Å². The number of nitroso groups, excluding NO2 is 1. The highest BCUT2D eigenvalue weighted by atomic mass is 16.4. The van der Waals surface area contributed by atoms with E-state index in [1.54, 1.807) is 18.2 Å². The van der Waals surface area contributed by atoms with Crippen LogP contribution in [0.15, 0.2) is 78.4 Å². The van der Waals surface area contributed by atoms with E-state index in [4.69, 9.17) is 5.11 Å². The molecule has 2 heterocycles. The minimum absolute atomic E-state index is 0.112. The van der Waals surface area contributed by atoms with Gasteiger partial charge in [0.2, 0.25) is 12.4 Å². The second-order valence-corrected chi connectivity index (χ2v) is 5.36. The molecule has 2 aliphatic rings. The van der Waals surface area contributed by atoms with Crippen molar-refractivity contribution in [1.29, 1.82) is 0 Å². The van der Waals surface area contributed by atoms with Crippen LogP contribution in [0.2, 0.25) is 0 Å². The third-order valence-electron chi connectivity index (χ3n) is 3.68. The first-order valence-electron chi connectivity index (χ1n) is 7.26. The van der Waals surface area contributed by atoms with Gasteiger partial charge in [0.25, 0.3) is 0 Å². The van der Waals surface area contributed by atoms with Crippen LogP contribution in [-0.2, 0) is 6.54 Å². The number of carboxylic acid groups (broad SMARTS) is 1. The number of carbonyl (C=O) groups is 1. The lowest BCUT2D eigenvalue weighted by Gasteiger charge is -2.19. The van der Waals surface area contributed by atoms with Crippen molar-refractivity contribution in [2.24, 2.45) is 0 Å². The normalized spacial score (nSPS) is 16.2. The first-order chi connectivity index (χ1) is 11.5. The number of aromatic carboxylic acids is 1. The maximum Gasteiger partial charge on any atom is 0.339 e. The number of allylic oxidation sites excluding steroid dienone is 6. The number of aromatic hydroxyl groups is 1. The molecule has 120 valence electrons. The van der Waals surface area contributed by atoms with Crippen molar-refractivity contribution in [3.63, 3.8) is 0 Å². The van der Waals surface area contributed by atoms with E-state index in [1.807, 2.05) is 29.5 Å². The largest absolute Gasteiger partial charge is 0.507 e. The highest BCUT2D eigenvalue weighted by Gasteiger charge is 2.12. The van der Waals surface area contributed by atoms with Crippen molar-refractivity contribution in [2.75, 3.05) is 0 Å². The number of carboxylic acids is 1. The van der Waals surface area contributed by atoms with E-state index in [0.29, 0.717) is 6.54 Å². The minimum Gasteiger partial charge on any atom is -0.507 e. The predicted octanol–water partition coefficient (Wildman–Crippen LogP) is 3.05. The summed E-state index contributed by atoms with van der Waals surface area (Å²) >= 11 is 0. The maximum absolute atomic E-state index is 11.1. The molecule has 6 heteroatoms. The Kier molecular flexibility index (Phi) is 4.11. The Bertz CT molecular complexity index is 826. The van der Waals surface area contributed by atoms with Crippen molar-refractivity contribution in [2.45, 2.75) is 6.54 Å². The van der Waals surface area contributed by atoms with Crippen LogP contribution in [-0.4, -0.2) is 25.8 Å². The first-order valence-corrected chi connectivity index (χ1v) is 7.26. The predicted molar refractivity (Wildman–Crippen MR) is 87.8 cm³/mol. The molecule has 2 aliphatic heterocycles. The van der Waals surface area contributed by atoms with Crippen LogP contribution in [0.5, 0.6) is 5.75 Å². The molecule has 0 aromatic heterocycles. The lowest BCUT2D eigenvalue weighted by molar-refractivity contribution is -0.403. The zero-order chi connectivity index (χ0) is 17.1. The van der Waals surface area contributed by atoms with Crippen LogP contribution < -0.4 is 0 Å². The summed E-state index contributed by atoms with van der Waals surface area (Å²) in [7, 11) is 0. The summed E-state index contributed by atoms with van der Waals surface area (Å²) in [5.41, 5.74) is 2.61. The summed E-state index contributed by atoms with van der Waals surface area (Å²) in [4.78, 5) is 23.9. The van der Waals surface area contributed by atoms with Gasteiger partial charge in [-0.25, -0.2) is 4.79 Å². The molecule has 0 fully saturated rings. The average Bonchev–Trinajstić information content (AvgIpc) is 2.56. The number of nitrogens with zero attached hydrogens (tertiary/aromatic N) is 2. The SMILES string of the molecule is O=C(O)c1ccc(CN2C=CC(=C3C=C[N+](=O)C=C3)C=C2)cc1O. The van der Waals surface area contributed by atoms with Gasteiger partial charge in [-0.1, -0.05) is 6.07 Å². The van der Waals surface area contributed by atoms with E-state index in [1.165, 1.54) is 24.5 Å². The number of phenols is 1. The van der Waals surface area contributed by atoms with Gasteiger partial charge < -0.3 is 15.1 Å². The van der Waals surface area contributed by atoms with Crippen LogP contribution in [0.1, 0.15) is 15.9 Å². The Morgan fingerprint density at radius 2 is 1.67 bits per heavy atom. The van der Waals surface area contributed by atoms with E-state index in [2.05, 4.69) is 0 Å². The van der Waals surface area contributed by atoms with Gasteiger partial charge in [-0.3, -0.25) is 0 Å². The van der Waals surface area contributed by atoms with Crippen LogP contribution >= 0.6 is 0 Å². The van der Waals surface area contributed by atoms with Crippen LogP contribution in [0.4, 0.5) is 0 Å². The van der Waals surface area contributed by atoms with Gasteiger partial charge in [-0.15, -0.1) is 0 Å². The van der Waals surface area contributed by atoms with Gasteiger partial charge in [-0.05, 0) is 41.0 Å². The topological polar surface area (TPSA) is 80.8 Å².